The molecule has 0 aliphatic carbocycles. The molecule has 0 heterocycles. The summed E-state index contributed by atoms with van der Waals surface area (Å²) >= 11 is 3.41. The van der Waals surface area contributed by atoms with Crippen molar-refractivity contribution in [1.29, 1.82) is 0 Å². The predicted octanol–water partition coefficient (Wildman–Crippen LogP) is 4.60. The molecule has 0 aromatic heterocycles. The molecule has 2 aromatic rings. The lowest BCUT2D eigenvalue weighted by Crippen LogP contribution is -2.33. The fourth-order valence-corrected chi connectivity index (χ4v) is 2.72. The summed E-state index contributed by atoms with van der Waals surface area (Å²) < 4.78 is 6.41. The molecule has 0 fully saturated rings. The highest BCUT2D eigenvalue weighted by Gasteiger charge is 2.15. The van der Waals surface area contributed by atoms with Crippen LogP contribution < -0.4 is 10.1 Å². The van der Waals surface area contributed by atoms with Gasteiger partial charge in [-0.2, -0.15) is 0 Å². The number of nitrogens with one attached hydrogen (secondary N) is 1. The lowest BCUT2D eigenvalue weighted by molar-refractivity contribution is 0.0934. The maximum absolute atomic E-state index is 12.5. The Morgan fingerprint density at radius 1 is 1.22 bits per heavy atom. The minimum atomic E-state index is -0.102. The number of carbonyl (C=O) groups excluding carboxylic acids is 1. The van der Waals surface area contributed by atoms with E-state index >= 15 is 0 Å². The molecule has 0 radical (unpaired) electrons. The molecule has 0 bridgehead atoms. The summed E-state index contributed by atoms with van der Waals surface area (Å²) in [5.74, 6) is 0.513. The Hall–Kier alpha value is -1.81. The van der Waals surface area contributed by atoms with Crippen LogP contribution in [-0.4, -0.2) is 18.6 Å². The molecule has 122 valence electrons. The molecule has 0 saturated carbocycles. The second kappa shape index (κ2) is 8.73. The van der Waals surface area contributed by atoms with Crippen LogP contribution in [0.4, 0.5) is 0 Å². The summed E-state index contributed by atoms with van der Waals surface area (Å²) in [4.78, 5) is 12.5. The van der Waals surface area contributed by atoms with Crippen molar-refractivity contribution in [2.45, 2.75) is 32.7 Å². The first-order valence-corrected chi connectivity index (χ1v) is 8.66. The van der Waals surface area contributed by atoms with Crippen molar-refractivity contribution in [3.8, 4) is 5.75 Å². The number of benzene rings is 2. The molecule has 4 heteroatoms. The van der Waals surface area contributed by atoms with Crippen LogP contribution in [0.5, 0.6) is 5.75 Å². The first kappa shape index (κ1) is 17.5. The number of rotatable bonds is 7. The van der Waals surface area contributed by atoms with Crippen molar-refractivity contribution in [1.82, 2.24) is 5.32 Å². The molecule has 1 amide bonds. The number of hydrogen-bond acceptors (Lipinski definition) is 2. The van der Waals surface area contributed by atoms with Crippen molar-refractivity contribution in [2.24, 2.45) is 0 Å². The normalized spacial score (nSPS) is 11.8. The summed E-state index contributed by atoms with van der Waals surface area (Å²) in [7, 11) is 0. The van der Waals surface area contributed by atoms with E-state index in [1.54, 1.807) is 6.07 Å². The monoisotopic (exact) mass is 375 g/mol. The minimum absolute atomic E-state index is 0.0937. The number of carbonyl (C=O) groups is 1. The quantitative estimate of drug-likeness (QED) is 0.767. The zero-order valence-corrected chi connectivity index (χ0v) is 15.1. The summed E-state index contributed by atoms with van der Waals surface area (Å²) in [5, 5.41) is 3.05. The lowest BCUT2D eigenvalue weighted by atomic mass is 10.1. The standard InChI is InChI=1S/C19H22BrNO2/c1-3-23-18-12-11-16(20)13-17(18)19(22)21-14(2)9-10-15-7-5-4-6-8-15/h4-8,11-14H,3,9-10H2,1-2H3,(H,21,22)/t14-/m1/s1. The molecule has 2 rings (SSSR count). The summed E-state index contributed by atoms with van der Waals surface area (Å²) in [5.41, 5.74) is 1.85. The van der Waals surface area contributed by atoms with Gasteiger partial charge >= 0.3 is 0 Å². The average molecular weight is 376 g/mol. The molecule has 3 nitrogen and oxygen atoms in total. The van der Waals surface area contributed by atoms with Crippen LogP contribution >= 0.6 is 15.9 Å². The molecule has 0 aliphatic heterocycles. The first-order chi connectivity index (χ1) is 11.1. The summed E-state index contributed by atoms with van der Waals surface area (Å²) in [6.07, 6.45) is 1.84. The molecule has 0 aliphatic rings. The predicted molar refractivity (Wildman–Crippen MR) is 97.0 cm³/mol. The highest BCUT2D eigenvalue weighted by molar-refractivity contribution is 9.10. The molecule has 1 N–H and O–H groups in total. The topological polar surface area (TPSA) is 38.3 Å². The van der Waals surface area contributed by atoms with E-state index in [-0.39, 0.29) is 11.9 Å². The van der Waals surface area contributed by atoms with Crippen molar-refractivity contribution in [3.05, 3.63) is 64.1 Å². The van der Waals surface area contributed by atoms with Crippen LogP contribution in [0.15, 0.2) is 53.0 Å². The molecule has 0 saturated heterocycles. The third-order valence-corrected chi connectivity index (χ3v) is 4.07. The Bertz CT molecular complexity index is 643. The van der Waals surface area contributed by atoms with E-state index < -0.39 is 0 Å². The number of halogens is 1. The van der Waals surface area contributed by atoms with Gasteiger partial charge in [0.05, 0.1) is 12.2 Å². The number of ether oxygens (including phenoxy) is 1. The number of hydrogen-bond donors (Lipinski definition) is 1. The Balaban J connectivity index is 1.96. The summed E-state index contributed by atoms with van der Waals surface area (Å²) in [6.45, 7) is 4.47. The third kappa shape index (κ3) is 5.39. The Morgan fingerprint density at radius 3 is 2.65 bits per heavy atom. The zero-order chi connectivity index (χ0) is 16.7. The second-order valence-corrected chi connectivity index (χ2v) is 6.39. The number of amides is 1. The van der Waals surface area contributed by atoms with Crippen LogP contribution in [0.25, 0.3) is 0 Å². The van der Waals surface area contributed by atoms with Gasteiger partial charge in [0.1, 0.15) is 5.75 Å². The summed E-state index contributed by atoms with van der Waals surface area (Å²) in [6, 6.07) is 15.9. The van der Waals surface area contributed by atoms with Gasteiger partial charge in [0.25, 0.3) is 5.91 Å². The molecule has 1 atom stereocenters. The van der Waals surface area contributed by atoms with E-state index in [9.17, 15) is 4.79 Å². The minimum Gasteiger partial charge on any atom is -0.493 e. The van der Waals surface area contributed by atoms with Crippen LogP contribution in [0.3, 0.4) is 0 Å². The average Bonchev–Trinajstić information content (AvgIpc) is 2.55. The Labute approximate surface area is 146 Å². The van der Waals surface area contributed by atoms with Crippen LogP contribution in [0, 0.1) is 0 Å². The highest BCUT2D eigenvalue weighted by Crippen LogP contribution is 2.23. The van der Waals surface area contributed by atoms with Gasteiger partial charge in [0, 0.05) is 10.5 Å². The largest absolute Gasteiger partial charge is 0.493 e. The first-order valence-electron chi connectivity index (χ1n) is 7.87. The molecule has 0 unspecified atom stereocenters. The van der Waals surface area contributed by atoms with E-state index in [1.807, 2.05) is 44.2 Å². The van der Waals surface area contributed by atoms with Crippen molar-refractivity contribution < 1.29 is 9.53 Å². The van der Waals surface area contributed by atoms with Crippen molar-refractivity contribution in [2.75, 3.05) is 6.61 Å². The Morgan fingerprint density at radius 2 is 1.96 bits per heavy atom. The fourth-order valence-electron chi connectivity index (χ4n) is 2.36. The van der Waals surface area contributed by atoms with Gasteiger partial charge in [-0.3, -0.25) is 4.79 Å². The third-order valence-electron chi connectivity index (χ3n) is 3.57. The molecule has 2 aromatic carbocycles. The van der Waals surface area contributed by atoms with E-state index in [2.05, 4.69) is 33.4 Å². The van der Waals surface area contributed by atoms with Gasteiger partial charge in [0.15, 0.2) is 0 Å². The van der Waals surface area contributed by atoms with Crippen molar-refractivity contribution >= 4 is 21.8 Å². The Kier molecular flexibility index (Phi) is 6.66. The lowest BCUT2D eigenvalue weighted by Gasteiger charge is -2.16. The molecular weight excluding hydrogens is 354 g/mol. The van der Waals surface area contributed by atoms with E-state index in [0.717, 1.165) is 17.3 Å². The van der Waals surface area contributed by atoms with Crippen LogP contribution in [0.2, 0.25) is 0 Å². The zero-order valence-electron chi connectivity index (χ0n) is 13.5. The maximum atomic E-state index is 12.5. The van der Waals surface area contributed by atoms with E-state index in [4.69, 9.17) is 4.74 Å². The number of aryl methyl sites for hydroxylation is 1. The van der Waals surface area contributed by atoms with Gasteiger partial charge in [0.2, 0.25) is 0 Å². The second-order valence-electron chi connectivity index (χ2n) is 5.47. The SMILES string of the molecule is CCOc1ccc(Br)cc1C(=O)N[C@H](C)CCc1ccccc1. The smallest absolute Gasteiger partial charge is 0.255 e. The van der Waals surface area contributed by atoms with Crippen LogP contribution in [-0.2, 0) is 6.42 Å². The molecule has 0 spiro atoms. The van der Waals surface area contributed by atoms with E-state index in [0.29, 0.717) is 17.9 Å². The molecular formula is C19H22BrNO2. The molecule has 23 heavy (non-hydrogen) atoms. The fraction of sp³-hybridized carbons (Fsp3) is 0.316. The van der Waals surface area contributed by atoms with Gasteiger partial charge in [-0.25, -0.2) is 0 Å². The van der Waals surface area contributed by atoms with E-state index in [1.165, 1.54) is 5.56 Å². The maximum Gasteiger partial charge on any atom is 0.255 e. The van der Waals surface area contributed by atoms with Gasteiger partial charge in [-0.15, -0.1) is 0 Å². The van der Waals surface area contributed by atoms with Gasteiger partial charge < -0.3 is 10.1 Å². The van der Waals surface area contributed by atoms with Crippen LogP contribution in [0.1, 0.15) is 36.2 Å². The van der Waals surface area contributed by atoms with Crippen molar-refractivity contribution in [3.63, 3.8) is 0 Å². The van der Waals surface area contributed by atoms with Gasteiger partial charge in [-0.05, 0) is 50.5 Å². The van der Waals surface area contributed by atoms with Gasteiger partial charge in [-0.1, -0.05) is 46.3 Å². The highest BCUT2D eigenvalue weighted by atomic mass is 79.9.